The number of benzene rings is 2. The third-order valence-electron chi connectivity index (χ3n) is 4.02. The smallest absolute Gasteiger partial charge is 0.257 e. The highest BCUT2D eigenvalue weighted by Gasteiger charge is 2.20. The molecular weight excluding hydrogens is 392 g/mol. The fraction of sp³-hybridized carbons (Fsp3) is 0.100. The lowest BCUT2D eigenvalue weighted by molar-refractivity contribution is -0.123. The average molecular weight is 412 g/mol. The summed E-state index contributed by atoms with van der Waals surface area (Å²) >= 11 is 0. The highest BCUT2D eigenvalue weighted by molar-refractivity contribution is 7.89. The van der Waals surface area contributed by atoms with E-state index in [4.69, 9.17) is 0 Å². The Bertz CT molecular complexity index is 1010. The van der Waals surface area contributed by atoms with Crippen molar-refractivity contribution in [2.45, 2.75) is 4.90 Å². The number of amides is 2. The number of rotatable bonds is 7. The van der Waals surface area contributed by atoms with Gasteiger partial charge in [0.2, 0.25) is 11.8 Å². The molecule has 0 fully saturated rings. The lowest BCUT2D eigenvalue weighted by Crippen LogP contribution is -2.44. The summed E-state index contributed by atoms with van der Waals surface area (Å²) in [6.07, 6.45) is 6.34. The Morgan fingerprint density at radius 1 is 0.897 bits per heavy atom. The Kier molecular flexibility index (Phi) is 6.43. The number of sulfonamides is 1. The standard InChI is InChI=1S/C20H20N4O4S/c25-19(21-17-7-3-1-4-8-17)15-24-13-11-16(12-14-24)20(26)22-23-29(27,28)18-9-5-2-6-10-18/h1-14,16,23H,15H2,(H,21,25)(H,22,26). The van der Waals surface area contributed by atoms with Crippen LogP contribution in [0.1, 0.15) is 0 Å². The number of para-hydroxylation sites is 1. The maximum Gasteiger partial charge on any atom is 0.257 e. The monoisotopic (exact) mass is 412 g/mol. The molecular formula is C20H20N4O4S. The first-order valence-electron chi connectivity index (χ1n) is 8.78. The van der Waals surface area contributed by atoms with Crippen LogP contribution in [0.3, 0.4) is 0 Å². The Hall–Kier alpha value is -3.43. The molecule has 8 nitrogen and oxygen atoms in total. The van der Waals surface area contributed by atoms with Crippen molar-refractivity contribution in [1.29, 1.82) is 0 Å². The second kappa shape index (κ2) is 9.18. The second-order valence-electron chi connectivity index (χ2n) is 6.20. The number of nitrogens with zero attached hydrogens (tertiary/aromatic N) is 1. The first-order chi connectivity index (χ1) is 13.9. The van der Waals surface area contributed by atoms with Crippen LogP contribution in [0.5, 0.6) is 0 Å². The Morgan fingerprint density at radius 2 is 1.48 bits per heavy atom. The van der Waals surface area contributed by atoms with Gasteiger partial charge < -0.3 is 10.2 Å². The largest absolute Gasteiger partial charge is 0.346 e. The number of hydrogen-bond acceptors (Lipinski definition) is 5. The molecule has 3 N–H and O–H groups in total. The number of hydrogen-bond donors (Lipinski definition) is 3. The van der Waals surface area contributed by atoms with Crippen LogP contribution in [0, 0.1) is 5.92 Å². The molecule has 0 saturated heterocycles. The molecule has 0 spiro atoms. The normalized spacial score (nSPS) is 13.9. The van der Waals surface area contributed by atoms with Gasteiger partial charge in [0.25, 0.3) is 10.0 Å². The third kappa shape index (κ3) is 5.77. The van der Waals surface area contributed by atoms with Crippen LogP contribution in [0.15, 0.2) is 90.1 Å². The predicted molar refractivity (Wildman–Crippen MR) is 108 cm³/mol. The van der Waals surface area contributed by atoms with E-state index in [1.54, 1.807) is 59.8 Å². The zero-order valence-corrected chi connectivity index (χ0v) is 16.2. The number of carbonyl (C=O) groups is 2. The number of anilines is 1. The molecule has 0 atom stereocenters. The van der Waals surface area contributed by atoms with Gasteiger partial charge in [-0.1, -0.05) is 48.6 Å². The van der Waals surface area contributed by atoms with Crippen LogP contribution in [0.4, 0.5) is 5.69 Å². The molecule has 1 aliphatic rings. The van der Waals surface area contributed by atoms with Gasteiger partial charge in [-0.15, -0.1) is 4.83 Å². The molecule has 9 heteroatoms. The molecule has 2 amide bonds. The first-order valence-corrected chi connectivity index (χ1v) is 10.3. The van der Waals surface area contributed by atoms with Gasteiger partial charge in [-0.3, -0.25) is 15.0 Å². The fourth-order valence-electron chi connectivity index (χ4n) is 2.55. The lowest BCUT2D eigenvalue weighted by Gasteiger charge is -2.21. The minimum absolute atomic E-state index is 0.0469. The molecule has 0 bridgehead atoms. The summed E-state index contributed by atoms with van der Waals surface area (Å²) in [6.45, 7) is 0.0802. The number of nitrogens with one attached hydrogen (secondary N) is 3. The second-order valence-corrected chi connectivity index (χ2v) is 7.89. The van der Waals surface area contributed by atoms with Crippen molar-refractivity contribution >= 4 is 27.5 Å². The van der Waals surface area contributed by atoms with Crippen molar-refractivity contribution in [2.75, 3.05) is 11.9 Å². The van der Waals surface area contributed by atoms with Gasteiger partial charge in [0.15, 0.2) is 0 Å². The predicted octanol–water partition coefficient (Wildman–Crippen LogP) is 1.59. The maximum atomic E-state index is 12.2. The van der Waals surface area contributed by atoms with Gasteiger partial charge in [-0.2, -0.15) is 0 Å². The van der Waals surface area contributed by atoms with E-state index in [2.05, 4.69) is 15.6 Å². The van der Waals surface area contributed by atoms with Gasteiger partial charge in [-0.05, 0) is 24.3 Å². The van der Waals surface area contributed by atoms with Crippen LogP contribution in [-0.4, -0.2) is 31.7 Å². The summed E-state index contributed by atoms with van der Waals surface area (Å²) in [5.74, 6) is -1.41. The van der Waals surface area contributed by atoms with Crippen LogP contribution in [-0.2, 0) is 19.6 Å². The third-order valence-corrected chi connectivity index (χ3v) is 5.28. The molecule has 3 rings (SSSR count). The summed E-state index contributed by atoms with van der Waals surface area (Å²) in [7, 11) is -3.84. The molecule has 2 aromatic rings. The van der Waals surface area contributed by atoms with E-state index in [0.29, 0.717) is 5.69 Å². The Labute approximate surface area is 168 Å². The molecule has 29 heavy (non-hydrogen) atoms. The molecule has 2 aromatic carbocycles. The van der Waals surface area contributed by atoms with E-state index < -0.39 is 21.8 Å². The maximum absolute atomic E-state index is 12.2. The molecule has 0 saturated carbocycles. The van der Waals surface area contributed by atoms with E-state index >= 15 is 0 Å². The minimum Gasteiger partial charge on any atom is -0.346 e. The summed E-state index contributed by atoms with van der Waals surface area (Å²) in [5, 5.41) is 2.77. The van der Waals surface area contributed by atoms with Crippen LogP contribution in [0.2, 0.25) is 0 Å². The van der Waals surface area contributed by atoms with E-state index in [1.165, 1.54) is 12.1 Å². The first kappa shape index (κ1) is 20.3. The van der Waals surface area contributed by atoms with Crippen LogP contribution in [0.25, 0.3) is 0 Å². The van der Waals surface area contributed by atoms with Gasteiger partial charge in [0, 0.05) is 18.1 Å². The van der Waals surface area contributed by atoms with Gasteiger partial charge in [0.1, 0.15) is 6.54 Å². The molecule has 150 valence electrons. The molecule has 0 aromatic heterocycles. The molecule has 1 aliphatic heterocycles. The molecule has 1 heterocycles. The fourth-order valence-corrected chi connectivity index (χ4v) is 3.42. The number of carbonyl (C=O) groups excluding carboxylic acids is 2. The van der Waals surface area contributed by atoms with Gasteiger partial charge >= 0.3 is 0 Å². The SMILES string of the molecule is O=C(CN1C=CC(C(=O)NNS(=O)(=O)c2ccccc2)C=C1)Nc1ccccc1. The molecule has 0 unspecified atom stereocenters. The van der Waals surface area contributed by atoms with E-state index in [0.717, 1.165) is 0 Å². The summed E-state index contributed by atoms with van der Waals surface area (Å²) < 4.78 is 24.3. The van der Waals surface area contributed by atoms with Crippen LogP contribution >= 0.6 is 0 Å². The van der Waals surface area contributed by atoms with Gasteiger partial charge in [0.05, 0.1) is 10.8 Å². The quantitative estimate of drug-likeness (QED) is 0.599. The van der Waals surface area contributed by atoms with Crippen molar-refractivity contribution in [3.8, 4) is 0 Å². The lowest BCUT2D eigenvalue weighted by atomic mass is 10.1. The van der Waals surface area contributed by atoms with Gasteiger partial charge in [-0.25, -0.2) is 8.42 Å². The zero-order chi connectivity index (χ0) is 20.7. The van der Waals surface area contributed by atoms with E-state index in [1.807, 2.05) is 18.2 Å². The molecule has 0 aliphatic carbocycles. The summed E-state index contributed by atoms with van der Waals surface area (Å²) in [5.41, 5.74) is 2.90. The van der Waals surface area contributed by atoms with Crippen molar-refractivity contribution in [3.05, 3.63) is 85.2 Å². The summed E-state index contributed by atoms with van der Waals surface area (Å²) in [6, 6.07) is 16.8. The Morgan fingerprint density at radius 3 is 2.10 bits per heavy atom. The summed E-state index contributed by atoms with van der Waals surface area (Å²) in [4.78, 5) is 28.0. The van der Waals surface area contributed by atoms with Crippen molar-refractivity contribution in [1.82, 2.24) is 15.2 Å². The van der Waals surface area contributed by atoms with E-state index in [9.17, 15) is 18.0 Å². The van der Waals surface area contributed by atoms with E-state index in [-0.39, 0.29) is 17.3 Å². The highest BCUT2D eigenvalue weighted by Crippen LogP contribution is 2.12. The molecule has 0 radical (unpaired) electrons. The van der Waals surface area contributed by atoms with Crippen LogP contribution < -0.4 is 15.6 Å². The van der Waals surface area contributed by atoms with Crippen molar-refractivity contribution < 1.29 is 18.0 Å². The van der Waals surface area contributed by atoms with Crippen molar-refractivity contribution in [2.24, 2.45) is 5.92 Å². The number of hydrazine groups is 1. The zero-order valence-electron chi connectivity index (χ0n) is 15.4. The minimum atomic E-state index is -3.84. The highest BCUT2D eigenvalue weighted by atomic mass is 32.2. The average Bonchev–Trinajstić information content (AvgIpc) is 2.74. The van der Waals surface area contributed by atoms with Crippen molar-refractivity contribution in [3.63, 3.8) is 0 Å². The topological polar surface area (TPSA) is 108 Å². The Balaban J connectivity index is 1.48.